The fourth-order valence-corrected chi connectivity index (χ4v) is 15.7. The van der Waals surface area contributed by atoms with Crippen molar-refractivity contribution in [3.05, 3.63) is 208 Å². The molecule has 0 radical (unpaired) electrons. The number of rotatable bonds is 22. The number of fused-ring (bicyclic) bond motifs is 4. The molecule has 0 bridgehead atoms. The van der Waals surface area contributed by atoms with Gasteiger partial charge in [-0.15, -0.1) is 0 Å². The van der Waals surface area contributed by atoms with E-state index >= 15 is 0 Å². The highest BCUT2D eigenvalue weighted by Crippen LogP contribution is 2.39. The minimum atomic E-state index is -4.93. The van der Waals surface area contributed by atoms with E-state index in [1.165, 1.54) is 4.90 Å². The molecule has 0 spiro atoms. The van der Waals surface area contributed by atoms with Gasteiger partial charge < -0.3 is 101 Å². The average Bonchev–Trinajstić information content (AvgIpc) is 1.62. The lowest BCUT2D eigenvalue weighted by Gasteiger charge is -2.31. The number of aromatic carboxylic acids is 2. The molecule has 58 heteroatoms. The van der Waals surface area contributed by atoms with Crippen LogP contribution in [-0.4, -0.2) is 202 Å². The number of hydrogen-bond donors (Lipinski definition) is 6. The molecule has 4 aromatic heterocycles. The largest absolute Gasteiger partial charge is 1.00 e. The van der Waals surface area contributed by atoms with Gasteiger partial charge in [-0.25, -0.2) is 101 Å². The van der Waals surface area contributed by atoms with Gasteiger partial charge in [0.1, 0.15) is 44.7 Å². The van der Waals surface area contributed by atoms with Crippen LogP contribution in [0.25, 0.3) is 0 Å². The summed E-state index contributed by atoms with van der Waals surface area (Å²) in [5, 5.41) is 25.7. The molecular formula is C87H90BrClF24N16O16. The second kappa shape index (κ2) is 46.5. The van der Waals surface area contributed by atoms with Crippen LogP contribution < -0.4 is 34.1 Å². The van der Waals surface area contributed by atoms with Gasteiger partial charge in [-0.05, 0) is 144 Å². The molecule has 7 amide bonds. The average molecular weight is 2190 g/mol. The first-order chi connectivity index (χ1) is 66.4. The van der Waals surface area contributed by atoms with Crippen LogP contribution in [0.5, 0.6) is 0 Å². The number of amides is 7. The third-order valence-corrected chi connectivity index (χ3v) is 22.0. The number of esters is 1. The van der Waals surface area contributed by atoms with E-state index in [0.717, 1.165) is 35.5 Å². The number of benzene rings is 4. The van der Waals surface area contributed by atoms with Gasteiger partial charge in [0.15, 0.2) is 63.6 Å². The number of aromatic nitrogens is 8. The molecule has 4 atom stereocenters. The van der Waals surface area contributed by atoms with E-state index in [0.29, 0.717) is 53.1 Å². The van der Waals surface area contributed by atoms with Gasteiger partial charge in [-0.3, -0.25) is 19.2 Å². The summed E-state index contributed by atoms with van der Waals surface area (Å²) in [5.41, 5.74) is -3.11. The van der Waals surface area contributed by atoms with E-state index in [4.69, 9.17) is 14.2 Å². The fourth-order valence-electron chi connectivity index (χ4n) is 15.2. The van der Waals surface area contributed by atoms with Gasteiger partial charge in [0.05, 0.1) is 68.5 Å². The molecule has 0 fully saturated rings. The molecule has 4 aromatic carbocycles. The standard InChI is InChI=1S/C24H26F6N4O5.C23H24F6N4O5.C22H23BrF6N4O3.C18H16F6N4O3.ClH/c1-23(2,3)39-22(37)31-13(7-12-8-15(26)16(27)10-14(12)25)9-18(35)33-5-6-34-17(11-33)19(20(36)38-4)32-21(34)24(28,29)30;1-22(2,3)38-21(37)30-12(6-11-7-14(25)15(26)9-13(11)24)8-17(34)32-4-5-33-16(10-32)18(19(35)36)31-20(33)23(27,28)29;1-21(2,3)36-20(35)30-12(6-11-7-14(25)15(26)9-13(11)24)8-17(34)32-4-5-33-16(10-32)18(23)31-19(33)22(27,28)29;19-10-6-12(21)11(20)4-8(10)3-9(25)5-14(29)27-1-2-28-13(7-27)15(16(30)31)26-17(28)18(22,23)24;/h8,10,13H,5-7,9,11H2,1-4H3,(H,31,37);7,9,12H,4-6,8,10H2,1-3H3,(H,30,37)(H,35,36);7,9,12H,4-6,8,10H2,1-3H3,(H,30,35);4,6,9H,1-3,5,7,25H2,(H,30,31);1H/t13-;2*12-;9-;/m1111./s1. The SMILES string of the molecule is CC(C)(C)OC(=O)N[C@@H](CC(=O)N1CCn2c(C(F)(F)F)nc(Br)c2C1)Cc1cc(F)c(F)cc1F.CC(C)(C)OC(=O)N[C@@H](CC(=O)N1CCn2c(C(F)(F)F)nc(C(=O)O)c2C1)Cc1cc(F)c(F)cc1F.COC(=O)c1nc(C(F)(F)F)n2c1CN(C(=O)C[C@@H](Cc1cc(F)c(F)cc1F)NC(=O)OC(C)(C)C)CC2.[Cl-].[NH3+][C@@H](CC(=O)N1CCn2c(C(F)(F)F)nc(C(=O)O)c2C1)Cc1cc(F)c(F)cc1F. The number of nitrogens with zero attached hydrogens (tertiary/aromatic N) is 12. The number of halogens is 26. The Kier molecular flexibility index (Phi) is 37.6. The zero-order valence-electron chi connectivity index (χ0n) is 77.6. The molecule has 796 valence electrons. The summed E-state index contributed by atoms with van der Waals surface area (Å²) in [7, 11) is 0.970. The van der Waals surface area contributed by atoms with Gasteiger partial charge in [-0.1, -0.05) is 0 Å². The molecule has 0 unspecified atom stereocenters. The maximum atomic E-state index is 14.3. The Bertz CT molecular complexity index is 6190. The van der Waals surface area contributed by atoms with E-state index in [1.54, 1.807) is 62.3 Å². The van der Waals surface area contributed by atoms with Crippen molar-refractivity contribution in [1.82, 2.24) is 73.8 Å². The maximum absolute atomic E-state index is 14.3. The number of quaternary nitrogens is 1. The van der Waals surface area contributed by atoms with Crippen molar-refractivity contribution >= 4 is 75.7 Å². The number of hydrogen-bond acceptors (Lipinski definition) is 18. The third kappa shape index (κ3) is 31.2. The maximum Gasteiger partial charge on any atom is 0.449 e. The monoisotopic (exact) mass is 2180 g/mol. The predicted molar refractivity (Wildman–Crippen MR) is 448 cm³/mol. The second-order valence-electron chi connectivity index (χ2n) is 35.8. The van der Waals surface area contributed by atoms with Gasteiger partial charge in [0.2, 0.25) is 46.9 Å². The summed E-state index contributed by atoms with van der Waals surface area (Å²) < 4.78 is 347. The Hall–Kier alpha value is -13.1. The summed E-state index contributed by atoms with van der Waals surface area (Å²) in [5.74, 6) is -27.3. The van der Waals surface area contributed by atoms with Crippen LogP contribution in [0.1, 0.15) is 188 Å². The molecule has 145 heavy (non-hydrogen) atoms. The van der Waals surface area contributed by atoms with Crippen molar-refractivity contribution in [3.63, 3.8) is 0 Å². The van der Waals surface area contributed by atoms with Crippen molar-refractivity contribution in [3.8, 4) is 0 Å². The number of imidazole rings is 4. The lowest BCUT2D eigenvalue weighted by molar-refractivity contribution is -0.418. The lowest BCUT2D eigenvalue weighted by atomic mass is 10.0. The first-order valence-electron chi connectivity index (χ1n) is 42.7. The predicted octanol–water partition coefficient (Wildman–Crippen LogP) is 11.4. The van der Waals surface area contributed by atoms with Crippen LogP contribution in [0.3, 0.4) is 0 Å². The minimum Gasteiger partial charge on any atom is -1.00 e. The molecule has 4 aliphatic rings. The van der Waals surface area contributed by atoms with E-state index < -0.39 is 294 Å². The minimum absolute atomic E-state index is 0. The normalized spacial score (nSPS) is 14.6. The summed E-state index contributed by atoms with van der Waals surface area (Å²) in [6.07, 6.45) is -25.4. The zero-order valence-corrected chi connectivity index (χ0v) is 79.9. The van der Waals surface area contributed by atoms with Crippen molar-refractivity contribution in [1.29, 1.82) is 0 Å². The number of ether oxygens (including phenoxy) is 4. The number of carboxylic acid groups (broad SMARTS) is 2. The summed E-state index contributed by atoms with van der Waals surface area (Å²) in [6.45, 7) is 10.8. The van der Waals surface area contributed by atoms with Crippen molar-refractivity contribution in [2.24, 2.45) is 0 Å². The number of carbonyl (C=O) groups excluding carboxylic acids is 8. The molecule has 4 aliphatic heterocycles. The van der Waals surface area contributed by atoms with E-state index in [-0.39, 0.29) is 134 Å². The first-order valence-corrected chi connectivity index (χ1v) is 43.5. The van der Waals surface area contributed by atoms with Gasteiger partial charge in [0, 0.05) is 120 Å². The molecular weight excluding hydrogens is 2100 g/mol. The summed E-state index contributed by atoms with van der Waals surface area (Å²) in [6, 6.07) is -0.345. The number of carbonyl (C=O) groups is 10. The van der Waals surface area contributed by atoms with Crippen LogP contribution in [0, 0.1) is 69.8 Å². The Morgan fingerprint density at radius 1 is 0.352 bits per heavy atom. The topological polar surface area (TPSA) is 396 Å². The molecule has 8 aromatic rings. The van der Waals surface area contributed by atoms with Crippen LogP contribution in [0.4, 0.5) is 120 Å². The molecule has 8 N–H and O–H groups in total. The lowest BCUT2D eigenvalue weighted by Crippen LogP contribution is -3.00. The molecule has 32 nitrogen and oxygen atoms in total. The van der Waals surface area contributed by atoms with E-state index in [1.807, 2.05) is 0 Å². The molecule has 12 rings (SSSR count). The van der Waals surface area contributed by atoms with Gasteiger partial charge in [0.25, 0.3) is 0 Å². The smallest absolute Gasteiger partial charge is 0.449 e. The summed E-state index contributed by atoms with van der Waals surface area (Å²) >= 11 is 3.00. The zero-order chi connectivity index (χ0) is 108. The second-order valence-corrected chi connectivity index (χ2v) is 36.5. The highest BCUT2D eigenvalue weighted by atomic mass is 79.9. The number of alkyl halides is 12. The highest BCUT2D eigenvalue weighted by molar-refractivity contribution is 9.10. The first kappa shape index (κ1) is 117. The molecule has 0 saturated carbocycles. The Morgan fingerprint density at radius 3 is 0.834 bits per heavy atom. The fraction of sp³-hybridized carbons (Fsp3) is 0.471. The van der Waals surface area contributed by atoms with Crippen LogP contribution in [-0.2, 0) is 141 Å². The van der Waals surface area contributed by atoms with Crippen molar-refractivity contribution < 1.29 is 201 Å². The summed E-state index contributed by atoms with van der Waals surface area (Å²) in [4.78, 5) is 142. The van der Waals surface area contributed by atoms with Gasteiger partial charge >= 0.3 is 60.9 Å². The van der Waals surface area contributed by atoms with Crippen LogP contribution in [0.2, 0.25) is 0 Å². The number of alkyl carbamates (subject to hydrolysis) is 3. The van der Waals surface area contributed by atoms with Crippen molar-refractivity contribution in [2.75, 3.05) is 33.3 Å². The molecule has 8 heterocycles. The van der Waals surface area contributed by atoms with Crippen LogP contribution >= 0.6 is 15.9 Å². The Balaban J connectivity index is 0.000000236. The number of methoxy groups -OCH3 is 1. The number of carboxylic acids is 2. The molecule has 0 saturated heterocycles. The van der Waals surface area contributed by atoms with E-state index in [2.05, 4.69) is 62.3 Å². The van der Waals surface area contributed by atoms with E-state index in [9.17, 15) is 164 Å². The Morgan fingerprint density at radius 2 is 0.579 bits per heavy atom. The molecule has 0 aliphatic carbocycles. The highest BCUT2D eigenvalue weighted by Gasteiger charge is 2.48. The Labute approximate surface area is 820 Å². The van der Waals surface area contributed by atoms with Crippen LogP contribution in [0.15, 0.2) is 53.1 Å². The third-order valence-electron chi connectivity index (χ3n) is 21.3. The van der Waals surface area contributed by atoms with Crippen molar-refractivity contribution in [2.45, 2.75) is 232 Å². The van der Waals surface area contributed by atoms with Gasteiger partial charge in [-0.2, -0.15) is 52.7 Å². The quantitative estimate of drug-likeness (QED) is 0.0159. The number of nitrogens with one attached hydrogen (secondary N) is 3.